The van der Waals surface area contributed by atoms with Crippen LogP contribution >= 0.6 is 23.1 Å². The third kappa shape index (κ3) is 8.82. The van der Waals surface area contributed by atoms with Crippen LogP contribution in [0.15, 0.2) is 88.2 Å². The molecule has 14 nitrogen and oxygen atoms in total. The summed E-state index contributed by atoms with van der Waals surface area (Å²) in [6.45, 7) is 0.405. The highest BCUT2D eigenvalue weighted by Gasteiger charge is 2.54. The lowest BCUT2D eigenvalue weighted by atomic mass is 10.0. The maximum Gasteiger partial charge on any atom is 0.352 e. The molecule has 2 atom stereocenters. The fourth-order valence-corrected chi connectivity index (χ4v) is 7.88. The van der Waals surface area contributed by atoms with Gasteiger partial charge in [-0.2, -0.15) is 15.5 Å². The average Bonchev–Trinajstić information content (AvgIpc) is 3.59. The number of benzene rings is 3. The topological polar surface area (TPSA) is 190 Å². The zero-order valence-electron chi connectivity index (χ0n) is 28.9. The maximum atomic E-state index is 13.1. The Kier molecular flexibility index (Phi) is 11.7. The number of carboxylic acid groups (broad SMARTS) is 1. The number of nitrogens with zero attached hydrogens (tertiary/aromatic N) is 6. The van der Waals surface area contributed by atoms with Gasteiger partial charge < -0.3 is 25.4 Å². The first-order valence-electron chi connectivity index (χ1n) is 16.8. The summed E-state index contributed by atoms with van der Waals surface area (Å²) in [5, 5.41) is 33.0. The van der Waals surface area contributed by atoms with Crippen molar-refractivity contribution in [2.24, 2.45) is 10.2 Å². The molecule has 0 saturated carbocycles. The number of nitriles is 1. The number of unbranched alkanes of at least 4 members (excludes halogenated alkanes) is 2. The quantitative estimate of drug-likeness (QED) is 0.0765. The SMILES string of the molecule is CN(C)c1ccc(/N=N/c2ccc(C(=O)NCCCCCC(=O)NC3C(=O)N4C(C(=O)O)=C(COc5ccc6nc(C#N)sc6c5)CSC34)cc2)cc1. The summed E-state index contributed by atoms with van der Waals surface area (Å²) < 4.78 is 6.65. The lowest BCUT2D eigenvalue weighted by Gasteiger charge is -2.49. The number of azo groups is 1. The monoisotopic (exact) mass is 752 g/mol. The highest BCUT2D eigenvalue weighted by atomic mass is 32.2. The molecule has 1 saturated heterocycles. The van der Waals surface area contributed by atoms with Gasteiger partial charge in [0, 0.05) is 49.6 Å². The van der Waals surface area contributed by atoms with Crippen molar-refractivity contribution in [3.63, 3.8) is 0 Å². The smallest absolute Gasteiger partial charge is 0.352 e. The van der Waals surface area contributed by atoms with Crippen molar-refractivity contribution < 1.29 is 29.0 Å². The predicted octanol–water partition coefficient (Wildman–Crippen LogP) is 5.76. The van der Waals surface area contributed by atoms with Gasteiger partial charge in [-0.05, 0) is 79.6 Å². The van der Waals surface area contributed by atoms with Gasteiger partial charge in [-0.3, -0.25) is 19.3 Å². The Morgan fingerprint density at radius 2 is 1.75 bits per heavy atom. The molecular weight excluding hydrogens is 717 g/mol. The predicted molar refractivity (Wildman–Crippen MR) is 202 cm³/mol. The molecular formula is C37H36N8O6S2. The molecule has 3 aromatic carbocycles. The molecule has 2 aliphatic heterocycles. The number of carbonyl (C=O) groups excluding carboxylic acids is 3. The van der Waals surface area contributed by atoms with Crippen LogP contribution in [0.25, 0.3) is 10.2 Å². The van der Waals surface area contributed by atoms with E-state index >= 15 is 0 Å². The Bertz CT molecular complexity index is 2130. The molecule has 3 N–H and O–H groups in total. The molecule has 0 bridgehead atoms. The number of amides is 3. The lowest BCUT2D eigenvalue weighted by molar-refractivity contribution is -0.150. The molecule has 3 amide bonds. The fraction of sp³-hybridized carbons (Fsp3) is 0.297. The van der Waals surface area contributed by atoms with Crippen LogP contribution in [0.5, 0.6) is 5.75 Å². The fourth-order valence-electron chi connectivity index (χ4n) is 5.76. The second-order valence-corrected chi connectivity index (χ2v) is 14.6. The number of hydrogen-bond donors (Lipinski definition) is 3. The van der Waals surface area contributed by atoms with E-state index in [1.54, 1.807) is 42.5 Å². The Morgan fingerprint density at radius 1 is 1.04 bits per heavy atom. The van der Waals surface area contributed by atoms with Crippen LogP contribution in [0, 0.1) is 11.3 Å². The van der Waals surface area contributed by atoms with E-state index in [1.807, 2.05) is 49.3 Å². The van der Waals surface area contributed by atoms with Gasteiger partial charge in [-0.25, -0.2) is 9.78 Å². The summed E-state index contributed by atoms with van der Waals surface area (Å²) in [5.74, 6) is -1.41. The molecule has 3 heterocycles. The van der Waals surface area contributed by atoms with E-state index in [0.29, 0.717) is 64.7 Å². The van der Waals surface area contributed by atoms with Crippen LogP contribution < -0.4 is 20.3 Å². The van der Waals surface area contributed by atoms with Gasteiger partial charge in [0.05, 0.1) is 21.6 Å². The average molecular weight is 753 g/mol. The van der Waals surface area contributed by atoms with Gasteiger partial charge in [-0.15, -0.1) is 23.1 Å². The first-order valence-corrected chi connectivity index (χ1v) is 18.7. The van der Waals surface area contributed by atoms with Crippen molar-refractivity contribution in [1.29, 1.82) is 5.26 Å². The van der Waals surface area contributed by atoms with Gasteiger partial charge in [-0.1, -0.05) is 6.42 Å². The molecule has 2 aliphatic rings. The Balaban J connectivity index is 0.897. The summed E-state index contributed by atoms with van der Waals surface area (Å²) >= 11 is 2.61. The van der Waals surface area contributed by atoms with Crippen molar-refractivity contribution in [3.8, 4) is 11.8 Å². The number of nitrogens with one attached hydrogen (secondary N) is 2. The van der Waals surface area contributed by atoms with Gasteiger partial charge in [0.1, 0.15) is 35.5 Å². The number of rotatable bonds is 15. The lowest BCUT2D eigenvalue weighted by Crippen LogP contribution is -2.70. The number of thioether (sulfide) groups is 1. The standard InChI is InChI=1S/C37H36N8O6S2/c1-44(2)26-13-11-25(12-14-26)43-42-24-9-7-22(8-10-24)34(47)39-17-5-3-4-6-30(46)41-32-35(48)45-33(37(49)50)23(21-52-36(32)45)20-51-27-15-16-28-29(18-27)53-31(19-38)40-28/h7-16,18,32,36H,3-6,17,20-21H2,1-2H3,(H,39,47)(H,41,46)(H,49,50)/b43-42+. The number of fused-ring (bicyclic) bond motifs is 2. The third-order valence-electron chi connectivity index (χ3n) is 8.58. The van der Waals surface area contributed by atoms with E-state index in [9.17, 15) is 24.3 Å². The van der Waals surface area contributed by atoms with Gasteiger partial charge in [0.25, 0.3) is 11.8 Å². The molecule has 6 rings (SSSR count). The van der Waals surface area contributed by atoms with Crippen LogP contribution in [0.2, 0.25) is 0 Å². The molecule has 53 heavy (non-hydrogen) atoms. The highest BCUT2D eigenvalue weighted by Crippen LogP contribution is 2.40. The van der Waals surface area contributed by atoms with E-state index in [0.717, 1.165) is 16.1 Å². The number of anilines is 1. The van der Waals surface area contributed by atoms with Crippen molar-refractivity contribution >= 4 is 74.1 Å². The molecule has 4 aromatic rings. The van der Waals surface area contributed by atoms with Crippen molar-refractivity contribution in [1.82, 2.24) is 20.5 Å². The second-order valence-electron chi connectivity index (χ2n) is 12.5. The minimum Gasteiger partial charge on any atom is -0.489 e. The molecule has 272 valence electrons. The van der Waals surface area contributed by atoms with Crippen molar-refractivity contribution in [3.05, 3.63) is 88.6 Å². The summed E-state index contributed by atoms with van der Waals surface area (Å²) in [6, 6.07) is 20.9. The Hall–Kier alpha value is -5.79. The van der Waals surface area contributed by atoms with E-state index in [4.69, 9.17) is 10.00 Å². The Morgan fingerprint density at radius 3 is 2.43 bits per heavy atom. The molecule has 0 radical (unpaired) electrons. The number of hydrogen-bond acceptors (Lipinski definition) is 12. The van der Waals surface area contributed by atoms with Crippen LogP contribution in [0.3, 0.4) is 0 Å². The van der Waals surface area contributed by atoms with Gasteiger partial charge in [0.2, 0.25) is 5.91 Å². The normalized spacial score (nSPS) is 16.5. The summed E-state index contributed by atoms with van der Waals surface area (Å²) in [7, 11) is 3.94. The number of ether oxygens (including phenoxy) is 1. The van der Waals surface area contributed by atoms with E-state index in [1.165, 1.54) is 28.0 Å². The third-order valence-corrected chi connectivity index (χ3v) is 10.8. The first kappa shape index (κ1) is 37.0. The number of thiazole rings is 1. The minimum atomic E-state index is -1.24. The minimum absolute atomic E-state index is 0.0370. The molecule has 0 aliphatic carbocycles. The molecule has 2 unspecified atom stereocenters. The van der Waals surface area contributed by atoms with E-state index in [2.05, 4.69) is 25.8 Å². The van der Waals surface area contributed by atoms with E-state index in [-0.39, 0.29) is 30.5 Å². The van der Waals surface area contributed by atoms with Gasteiger partial charge >= 0.3 is 5.97 Å². The summed E-state index contributed by atoms with van der Waals surface area (Å²) in [6.07, 6.45) is 2.12. The number of carbonyl (C=O) groups is 4. The number of aliphatic carboxylic acids is 1. The summed E-state index contributed by atoms with van der Waals surface area (Å²) in [5.41, 5.74) is 3.92. The zero-order chi connectivity index (χ0) is 37.5. The highest BCUT2D eigenvalue weighted by molar-refractivity contribution is 8.00. The van der Waals surface area contributed by atoms with Gasteiger partial charge in [0.15, 0.2) is 5.01 Å². The van der Waals surface area contributed by atoms with Crippen molar-refractivity contribution in [2.45, 2.75) is 37.1 Å². The molecule has 1 aromatic heterocycles. The number of β-lactam (4-membered cyclic amide) rings is 1. The van der Waals surface area contributed by atoms with Crippen LogP contribution in [0.4, 0.5) is 17.1 Å². The molecule has 16 heteroatoms. The zero-order valence-corrected chi connectivity index (χ0v) is 30.6. The van der Waals surface area contributed by atoms with Crippen LogP contribution in [-0.2, 0) is 14.4 Å². The number of carboxylic acids is 1. The largest absolute Gasteiger partial charge is 0.489 e. The first-order chi connectivity index (χ1) is 25.6. The van der Waals surface area contributed by atoms with E-state index < -0.39 is 23.3 Å². The van der Waals surface area contributed by atoms with Crippen molar-refractivity contribution in [2.75, 3.05) is 37.9 Å². The number of aromatic nitrogens is 1. The molecule has 0 spiro atoms. The maximum absolute atomic E-state index is 13.1. The second kappa shape index (κ2) is 16.7. The van der Waals surface area contributed by atoms with Crippen LogP contribution in [0.1, 0.15) is 41.0 Å². The molecule has 1 fully saturated rings. The Labute approximate surface area is 313 Å². The summed E-state index contributed by atoms with van der Waals surface area (Å²) in [4.78, 5) is 58.0. The van der Waals surface area contributed by atoms with Crippen LogP contribution in [-0.4, -0.2) is 83.1 Å².